The highest BCUT2D eigenvalue weighted by atomic mass is 16.5. The van der Waals surface area contributed by atoms with Gasteiger partial charge in [-0.1, -0.05) is 52.9 Å². The number of hydrogen-bond donors (Lipinski definition) is 6. The second-order valence-corrected chi connectivity index (χ2v) is 8.09. The predicted octanol–water partition coefficient (Wildman–Crippen LogP) is 2.88. The van der Waals surface area contributed by atoms with Crippen LogP contribution in [0.5, 0.6) is 0 Å². The zero-order chi connectivity index (χ0) is 20.9. The molecule has 2 atom stereocenters. The standard InChI is InChI=1S/C21H44O6/c1-4-7-16(9-11-18(22)23)21(14-6-3,15-13-20(26)27)17(8-5-2)10-12-19(24)25/h16-20,22-27H,4-15H2,1-3H3. The van der Waals surface area contributed by atoms with Gasteiger partial charge in [0.15, 0.2) is 18.9 Å². The van der Waals surface area contributed by atoms with Gasteiger partial charge in [-0.25, -0.2) is 0 Å². The summed E-state index contributed by atoms with van der Waals surface area (Å²) in [5.41, 5.74) is -0.172. The van der Waals surface area contributed by atoms with E-state index in [1.807, 2.05) is 0 Å². The molecule has 0 amide bonds. The molecule has 27 heavy (non-hydrogen) atoms. The van der Waals surface area contributed by atoms with E-state index >= 15 is 0 Å². The highest BCUT2D eigenvalue weighted by Gasteiger charge is 2.43. The minimum atomic E-state index is -1.36. The lowest BCUT2D eigenvalue weighted by molar-refractivity contribution is -0.0858. The first kappa shape index (κ1) is 26.8. The van der Waals surface area contributed by atoms with Crippen LogP contribution in [0, 0.1) is 17.3 Å². The first-order valence-corrected chi connectivity index (χ1v) is 10.8. The molecule has 0 heterocycles. The zero-order valence-corrected chi connectivity index (χ0v) is 17.6. The van der Waals surface area contributed by atoms with Crippen molar-refractivity contribution >= 4 is 0 Å². The quantitative estimate of drug-likeness (QED) is 0.212. The van der Waals surface area contributed by atoms with Gasteiger partial charge in [-0.3, -0.25) is 0 Å². The minimum absolute atomic E-state index is 0.172. The Morgan fingerprint density at radius 1 is 0.481 bits per heavy atom. The SMILES string of the molecule is CCCC(CCC(O)O)C(CCC)(CCC(O)O)C(CCC)CCC(O)O. The van der Waals surface area contributed by atoms with Crippen molar-refractivity contribution in [3.63, 3.8) is 0 Å². The number of aliphatic hydroxyl groups is 6. The maximum atomic E-state index is 9.54. The number of hydrogen-bond acceptors (Lipinski definition) is 6. The normalized spacial score (nSPS) is 16.9. The molecule has 0 bridgehead atoms. The summed E-state index contributed by atoms with van der Waals surface area (Å²) >= 11 is 0. The van der Waals surface area contributed by atoms with E-state index in [0.717, 1.165) is 38.5 Å². The van der Waals surface area contributed by atoms with E-state index in [4.69, 9.17) is 0 Å². The van der Waals surface area contributed by atoms with E-state index in [1.165, 1.54) is 0 Å². The Kier molecular flexibility index (Phi) is 14.6. The fourth-order valence-electron chi connectivity index (χ4n) is 4.97. The van der Waals surface area contributed by atoms with Gasteiger partial charge in [0, 0.05) is 0 Å². The van der Waals surface area contributed by atoms with Gasteiger partial charge in [0.2, 0.25) is 0 Å². The molecule has 0 saturated heterocycles. The molecule has 6 nitrogen and oxygen atoms in total. The summed E-state index contributed by atoms with van der Waals surface area (Å²) < 4.78 is 0. The molecule has 0 saturated carbocycles. The van der Waals surface area contributed by atoms with Crippen LogP contribution in [0.3, 0.4) is 0 Å². The summed E-state index contributed by atoms with van der Waals surface area (Å²) in [5.74, 6) is 0.464. The fraction of sp³-hybridized carbons (Fsp3) is 1.00. The van der Waals surface area contributed by atoms with Crippen molar-refractivity contribution in [2.45, 2.75) is 117 Å². The van der Waals surface area contributed by atoms with Crippen molar-refractivity contribution in [2.75, 3.05) is 0 Å². The summed E-state index contributed by atoms with van der Waals surface area (Å²) in [5, 5.41) is 56.7. The van der Waals surface area contributed by atoms with Crippen LogP contribution >= 0.6 is 0 Å². The topological polar surface area (TPSA) is 121 Å². The predicted molar refractivity (Wildman–Crippen MR) is 107 cm³/mol. The average molecular weight is 393 g/mol. The third-order valence-corrected chi connectivity index (χ3v) is 6.03. The molecule has 0 aromatic heterocycles. The Morgan fingerprint density at radius 2 is 0.889 bits per heavy atom. The van der Waals surface area contributed by atoms with Gasteiger partial charge in [-0.15, -0.1) is 0 Å². The molecule has 164 valence electrons. The molecular weight excluding hydrogens is 348 g/mol. The molecule has 0 rings (SSSR count). The maximum Gasteiger partial charge on any atom is 0.151 e. The van der Waals surface area contributed by atoms with Gasteiger partial charge in [0.05, 0.1) is 0 Å². The van der Waals surface area contributed by atoms with Crippen LogP contribution in [0.15, 0.2) is 0 Å². The number of aliphatic hydroxyl groups excluding tert-OH is 3. The Hall–Kier alpha value is -0.240. The summed E-state index contributed by atoms with van der Waals surface area (Å²) in [4.78, 5) is 0. The fourth-order valence-corrected chi connectivity index (χ4v) is 4.97. The first-order valence-electron chi connectivity index (χ1n) is 10.8. The second kappa shape index (κ2) is 14.7. The van der Waals surface area contributed by atoms with E-state index in [1.54, 1.807) is 0 Å². The zero-order valence-electron chi connectivity index (χ0n) is 17.6. The highest BCUT2D eigenvalue weighted by molar-refractivity contribution is 4.92. The molecule has 6 heteroatoms. The molecule has 0 aliphatic carbocycles. The Balaban J connectivity index is 5.87. The summed E-state index contributed by atoms with van der Waals surface area (Å²) in [6, 6.07) is 0. The third-order valence-electron chi connectivity index (χ3n) is 6.03. The largest absolute Gasteiger partial charge is 0.368 e. The molecule has 0 radical (unpaired) electrons. The van der Waals surface area contributed by atoms with Gasteiger partial charge in [-0.2, -0.15) is 0 Å². The van der Waals surface area contributed by atoms with Gasteiger partial charge >= 0.3 is 0 Å². The smallest absolute Gasteiger partial charge is 0.151 e. The van der Waals surface area contributed by atoms with Gasteiger partial charge < -0.3 is 30.6 Å². The van der Waals surface area contributed by atoms with Crippen molar-refractivity contribution in [3.05, 3.63) is 0 Å². The molecule has 0 aliphatic heterocycles. The monoisotopic (exact) mass is 392 g/mol. The van der Waals surface area contributed by atoms with Gasteiger partial charge in [-0.05, 0) is 62.2 Å². The van der Waals surface area contributed by atoms with E-state index in [0.29, 0.717) is 32.1 Å². The lowest BCUT2D eigenvalue weighted by atomic mass is 9.57. The van der Waals surface area contributed by atoms with Gasteiger partial charge in [0.1, 0.15) is 0 Å². The Morgan fingerprint density at radius 3 is 1.19 bits per heavy atom. The van der Waals surface area contributed by atoms with Crippen LogP contribution in [-0.4, -0.2) is 49.5 Å². The number of rotatable bonds is 17. The molecule has 0 aromatic carbocycles. The van der Waals surface area contributed by atoms with Crippen LogP contribution in [0.25, 0.3) is 0 Å². The van der Waals surface area contributed by atoms with Gasteiger partial charge in [0.25, 0.3) is 0 Å². The second-order valence-electron chi connectivity index (χ2n) is 8.09. The Bertz CT molecular complexity index is 324. The third kappa shape index (κ3) is 10.2. The van der Waals surface area contributed by atoms with Crippen molar-refractivity contribution in [1.82, 2.24) is 0 Å². The van der Waals surface area contributed by atoms with E-state index < -0.39 is 18.9 Å². The summed E-state index contributed by atoms with van der Waals surface area (Å²) in [6.45, 7) is 6.36. The highest BCUT2D eigenvalue weighted by Crippen LogP contribution is 2.52. The van der Waals surface area contributed by atoms with E-state index in [9.17, 15) is 30.6 Å². The van der Waals surface area contributed by atoms with Crippen LogP contribution < -0.4 is 0 Å². The van der Waals surface area contributed by atoms with Crippen molar-refractivity contribution < 1.29 is 30.6 Å². The van der Waals surface area contributed by atoms with Crippen LogP contribution in [0.4, 0.5) is 0 Å². The summed E-state index contributed by atoms with van der Waals surface area (Å²) in [6.07, 6.45) is 4.55. The molecule has 0 spiro atoms. The average Bonchev–Trinajstić information content (AvgIpc) is 2.59. The van der Waals surface area contributed by atoms with Crippen molar-refractivity contribution in [3.8, 4) is 0 Å². The van der Waals surface area contributed by atoms with Crippen molar-refractivity contribution in [2.24, 2.45) is 17.3 Å². The maximum absolute atomic E-state index is 9.54. The lowest BCUT2D eigenvalue weighted by Gasteiger charge is -2.48. The van der Waals surface area contributed by atoms with Crippen LogP contribution in [-0.2, 0) is 0 Å². The van der Waals surface area contributed by atoms with Crippen LogP contribution in [0.2, 0.25) is 0 Å². The first-order chi connectivity index (χ1) is 12.7. The van der Waals surface area contributed by atoms with Crippen LogP contribution in [0.1, 0.15) is 97.8 Å². The molecule has 6 N–H and O–H groups in total. The molecule has 0 fully saturated rings. The molecular formula is C21H44O6. The molecule has 2 unspecified atom stereocenters. The van der Waals surface area contributed by atoms with E-state index in [-0.39, 0.29) is 23.7 Å². The molecule has 0 aromatic rings. The molecule has 0 aliphatic rings. The van der Waals surface area contributed by atoms with Crippen molar-refractivity contribution in [1.29, 1.82) is 0 Å². The lowest BCUT2D eigenvalue weighted by Crippen LogP contribution is -2.40. The van der Waals surface area contributed by atoms with E-state index in [2.05, 4.69) is 20.8 Å². The Labute approximate surface area is 165 Å². The summed E-state index contributed by atoms with van der Waals surface area (Å²) in [7, 11) is 0. The minimum Gasteiger partial charge on any atom is -0.368 e.